The van der Waals surface area contributed by atoms with E-state index < -0.39 is 5.97 Å². The Kier molecular flexibility index (Phi) is 3.00. The fourth-order valence-corrected chi connectivity index (χ4v) is 3.38. The molecule has 0 saturated heterocycles. The number of benzene rings is 1. The molecule has 2 rings (SSSR count). The van der Waals surface area contributed by atoms with Gasteiger partial charge in [-0.15, -0.1) is 0 Å². The van der Waals surface area contributed by atoms with Crippen molar-refractivity contribution in [1.29, 1.82) is 0 Å². The SMILES string of the molecule is CCCc1ccc(C2(C)C(C(=O)O)C2(C)C)cc1. The second kappa shape index (κ2) is 4.11. The Hall–Kier alpha value is -1.31. The number of hydrogen-bond donors (Lipinski definition) is 1. The Morgan fingerprint density at radius 3 is 2.17 bits per heavy atom. The van der Waals surface area contributed by atoms with Crippen molar-refractivity contribution in [1.82, 2.24) is 0 Å². The van der Waals surface area contributed by atoms with Gasteiger partial charge in [0, 0.05) is 5.41 Å². The van der Waals surface area contributed by atoms with Crippen molar-refractivity contribution in [3.05, 3.63) is 35.4 Å². The maximum atomic E-state index is 11.3. The Balaban J connectivity index is 2.30. The Morgan fingerprint density at radius 2 is 1.78 bits per heavy atom. The first-order valence-electron chi connectivity index (χ1n) is 6.68. The third kappa shape index (κ3) is 1.66. The molecule has 0 bridgehead atoms. The number of carbonyl (C=O) groups is 1. The highest BCUT2D eigenvalue weighted by atomic mass is 16.4. The Morgan fingerprint density at radius 1 is 1.22 bits per heavy atom. The molecular formula is C16H22O2. The summed E-state index contributed by atoms with van der Waals surface area (Å²) >= 11 is 0. The van der Waals surface area contributed by atoms with E-state index in [0.29, 0.717) is 0 Å². The van der Waals surface area contributed by atoms with E-state index in [-0.39, 0.29) is 16.7 Å². The van der Waals surface area contributed by atoms with E-state index >= 15 is 0 Å². The van der Waals surface area contributed by atoms with Gasteiger partial charge in [-0.2, -0.15) is 0 Å². The Bertz CT molecular complexity index is 458. The van der Waals surface area contributed by atoms with Crippen LogP contribution in [0.25, 0.3) is 0 Å². The van der Waals surface area contributed by atoms with E-state index in [1.165, 1.54) is 5.56 Å². The van der Waals surface area contributed by atoms with Crippen LogP contribution in [0.3, 0.4) is 0 Å². The molecule has 0 aromatic heterocycles. The molecule has 2 atom stereocenters. The van der Waals surface area contributed by atoms with Crippen molar-refractivity contribution in [2.24, 2.45) is 11.3 Å². The van der Waals surface area contributed by atoms with Crippen LogP contribution in [0, 0.1) is 11.3 Å². The molecule has 0 radical (unpaired) electrons. The van der Waals surface area contributed by atoms with Crippen molar-refractivity contribution >= 4 is 5.97 Å². The van der Waals surface area contributed by atoms with E-state index in [1.807, 2.05) is 13.8 Å². The summed E-state index contributed by atoms with van der Waals surface area (Å²) in [7, 11) is 0. The number of aliphatic carboxylic acids is 1. The summed E-state index contributed by atoms with van der Waals surface area (Å²) in [6.07, 6.45) is 2.22. The maximum Gasteiger partial charge on any atom is 0.307 e. The number of carboxylic acid groups (broad SMARTS) is 1. The van der Waals surface area contributed by atoms with Crippen LogP contribution in [0.4, 0.5) is 0 Å². The van der Waals surface area contributed by atoms with E-state index in [4.69, 9.17) is 0 Å². The highest BCUT2D eigenvalue weighted by molar-refractivity contribution is 5.79. The molecule has 1 aromatic rings. The first-order valence-corrected chi connectivity index (χ1v) is 6.68. The summed E-state index contributed by atoms with van der Waals surface area (Å²) in [5.74, 6) is -0.956. The van der Waals surface area contributed by atoms with Crippen LogP contribution < -0.4 is 0 Å². The highest BCUT2D eigenvalue weighted by Crippen LogP contribution is 2.69. The lowest BCUT2D eigenvalue weighted by Gasteiger charge is -2.15. The van der Waals surface area contributed by atoms with Crippen LogP contribution in [-0.2, 0) is 16.6 Å². The molecule has 2 unspecified atom stereocenters. The first-order chi connectivity index (χ1) is 8.35. The molecule has 0 aliphatic heterocycles. The van der Waals surface area contributed by atoms with Gasteiger partial charge in [0.1, 0.15) is 0 Å². The number of carboxylic acids is 1. The van der Waals surface area contributed by atoms with E-state index in [0.717, 1.165) is 18.4 Å². The average Bonchev–Trinajstić information content (AvgIpc) is 2.75. The first kappa shape index (κ1) is 13.1. The van der Waals surface area contributed by atoms with Crippen LogP contribution in [-0.4, -0.2) is 11.1 Å². The molecule has 18 heavy (non-hydrogen) atoms. The quantitative estimate of drug-likeness (QED) is 0.880. The molecular weight excluding hydrogens is 224 g/mol. The topological polar surface area (TPSA) is 37.3 Å². The minimum absolute atomic E-state index is 0.162. The molecule has 1 saturated carbocycles. The van der Waals surface area contributed by atoms with Gasteiger partial charge in [-0.1, -0.05) is 58.4 Å². The lowest BCUT2D eigenvalue weighted by molar-refractivity contribution is -0.139. The third-order valence-corrected chi connectivity index (χ3v) is 4.89. The van der Waals surface area contributed by atoms with Gasteiger partial charge in [-0.05, 0) is 23.0 Å². The lowest BCUT2D eigenvalue weighted by Crippen LogP contribution is -2.11. The second-order valence-corrected chi connectivity index (χ2v) is 6.14. The zero-order chi connectivity index (χ0) is 13.6. The molecule has 1 aromatic carbocycles. The summed E-state index contributed by atoms with van der Waals surface area (Å²) in [5.41, 5.74) is 2.09. The summed E-state index contributed by atoms with van der Waals surface area (Å²) in [4.78, 5) is 11.3. The zero-order valence-corrected chi connectivity index (χ0v) is 11.7. The fourth-order valence-electron chi connectivity index (χ4n) is 3.38. The molecule has 0 heterocycles. The van der Waals surface area contributed by atoms with Gasteiger partial charge in [0.25, 0.3) is 0 Å². The second-order valence-electron chi connectivity index (χ2n) is 6.14. The van der Waals surface area contributed by atoms with Gasteiger partial charge >= 0.3 is 5.97 Å². The predicted molar refractivity (Wildman–Crippen MR) is 72.7 cm³/mol. The largest absolute Gasteiger partial charge is 0.481 e. The molecule has 2 nitrogen and oxygen atoms in total. The monoisotopic (exact) mass is 246 g/mol. The number of rotatable bonds is 4. The third-order valence-electron chi connectivity index (χ3n) is 4.89. The van der Waals surface area contributed by atoms with Crippen LogP contribution >= 0.6 is 0 Å². The van der Waals surface area contributed by atoms with E-state index in [1.54, 1.807) is 0 Å². The molecule has 1 aliphatic carbocycles. The normalized spacial score (nSPS) is 29.0. The van der Waals surface area contributed by atoms with Crippen LogP contribution in [0.2, 0.25) is 0 Å². The smallest absolute Gasteiger partial charge is 0.307 e. The summed E-state index contributed by atoms with van der Waals surface area (Å²) in [5, 5.41) is 9.32. The van der Waals surface area contributed by atoms with Crippen LogP contribution in [0.1, 0.15) is 45.2 Å². The molecule has 0 amide bonds. The van der Waals surface area contributed by atoms with Crippen molar-refractivity contribution in [2.45, 2.75) is 46.0 Å². The molecule has 2 heteroatoms. The molecule has 98 valence electrons. The Labute approximate surface area is 109 Å². The van der Waals surface area contributed by atoms with Gasteiger partial charge in [0.15, 0.2) is 0 Å². The molecule has 1 N–H and O–H groups in total. The van der Waals surface area contributed by atoms with Gasteiger partial charge in [-0.3, -0.25) is 4.79 Å². The number of hydrogen-bond acceptors (Lipinski definition) is 1. The highest BCUT2D eigenvalue weighted by Gasteiger charge is 2.72. The standard InChI is InChI=1S/C16H22O2/c1-5-6-11-7-9-12(10-8-11)16(4)13(14(17)18)15(16,2)3/h7-10,13H,5-6H2,1-4H3,(H,17,18). The van der Waals surface area contributed by atoms with E-state index in [2.05, 4.69) is 38.1 Å². The van der Waals surface area contributed by atoms with Crippen molar-refractivity contribution < 1.29 is 9.90 Å². The van der Waals surface area contributed by atoms with Crippen molar-refractivity contribution in [3.8, 4) is 0 Å². The van der Waals surface area contributed by atoms with Gasteiger partial charge < -0.3 is 5.11 Å². The lowest BCUT2D eigenvalue weighted by atomic mass is 9.89. The molecule has 1 aliphatic rings. The molecule has 0 spiro atoms. The van der Waals surface area contributed by atoms with Gasteiger partial charge in [0.05, 0.1) is 5.92 Å². The minimum Gasteiger partial charge on any atom is -0.481 e. The summed E-state index contributed by atoms with van der Waals surface area (Å²) in [6.45, 7) is 8.33. The molecule has 1 fully saturated rings. The fraction of sp³-hybridized carbons (Fsp3) is 0.562. The summed E-state index contributed by atoms with van der Waals surface area (Å²) < 4.78 is 0. The van der Waals surface area contributed by atoms with Crippen molar-refractivity contribution in [3.63, 3.8) is 0 Å². The number of aryl methyl sites for hydroxylation is 1. The van der Waals surface area contributed by atoms with Crippen LogP contribution in [0.5, 0.6) is 0 Å². The summed E-state index contributed by atoms with van der Waals surface area (Å²) in [6, 6.07) is 8.49. The zero-order valence-electron chi connectivity index (χ0n) is 11.7. The van der Waals surface area contributed by atoms with Gasteiger partial charge in [0.2, 0.25) is 0 Å². The minimum atomic E-state index is -0.680. The van der Waals surface area contributed by atoms with Crippen molar-refractivity contribution in [2.75, 3.05) is 0 Å². The average molecular weight is 246 g/mol. The van der Waals surface area contributed by atoms with E-state index in [9.17, 15) is 9.90 Å². The van der Waals surface area contributed by atoms with Crippen LogP contribution in [0.15, 0.2) is 24.3 Å². The predicted octanol–water partition coefficient (Wildman–Crippen LogP) is 3.64. The van der Waals surface area contributed by atoms with Gasteiger partial charge in [-0.25, -0.2) is 0 Å². The maximum absolute atomic E-state index is 11.3.